The van der Waals surface area contributed by atoms with Crippen LogP contribution in [0.3, 0.4) is 0 Å². The van der Waals surface area contributed by atoms with E-state index in [0.29, 0.717) is 18.1 Å². The number of rotatable bonds is 5. The number of aromatic nitrogens is 1. The topological polar surface area (TPSA) is 77.3 Å². The van der Waals surface area contributed by atoms with Gasteiger partial charge >= 0.3 is 0 Å². The van der Waals surface area contributed by atoms with Crippen LogP contribution in [-0.4, -0.2) is 16.5 Å². The number of benzene rings is 1. The summed E-state index contributed by atoms with van der Waals surface area (Å²) in [6, 6.07) is 7.19. The zero-order valence-corrected chi connectivity index (χ0v) is 10.7. The lowest BCUT2D eigenvalue weighted by Crippen LogP contribution is -1.98. The molecule has 0 aliphatic rings. The summed E-state index contributed by atoms with van der Waals surface area (Å²) in [7, 11) is 0. The van der Waals surface area contributed by atoms with Gasteiger partial charge in [0.05, 0.1) is 11.5 Å². The van der Waals surface area contributed by atoms with Crippen LogP contribution in [0.5, 0.6) is 5.75 Å². The summed E-state index contributed by atoms with van der Waals surface area (Å²) in [5.74, 6) is 0.0765. The van der Waals surface area contributed by atoms with E-state index in [9.17, 15) is 14.5 Å². The zero-order valence-electron chi connectivity index (χ0n) is 10.7. The van der Waals surface area contributed by atoms with Crippen LogP contribution in [-0.2, 0) is 0 Å². The van der Waals surface area contributed by atoms with Crippen LogP contribution >= 0.6 is 0 Å². The minimum atomic E-state index is -0.534. The number of hydrogen-bond donors (Lipinski definition) is 1. The van der Waals surface area contributed by atoms with Crippen molar-refractivity contribution in [3.05, 3.63) is 52.5 Å². The summed E-state index contributed by atoms with van der Waals surface area (Å²) in [6.45, 7) is 2.15. The maximum Gasteiger partial charge on any atom is 0.287 e. The van der Waals surface area contributed by atoms with Crippen molar-refractivity contribution in [1.29, 1.82) is 0 Å². The van der Waals surface area contributed by atoms with Crippen molar-refractivity contribution in [2.75, 3.05) is 11.9 Å². The van der Waals surface area contributed by atoms with Crippen LogP contribution in [0.1, 0.15) is 6.92 Å². The second-order valence-electron chi connectivity index (χ2n) is 3.86. The second-order valence-corrected chi connectivity index (χ2v) is 3.86. The molecule has 0 aliphatic carbocycles. The predicted molar refractivity (Wildman–Crippen MR) is 71.7 cm³/mol. The van der Waals surface area contributed by atoms with Gasteiger partial charge in [0.1, 0.15) is 12.0 Å². The van der Waals surface area contributed by atoms with Gasteiger partial charge in [0.15, 0.2) is 11.6 Å². The number of anilines is 2. The first-order valence-corrected chi connectivity index (χ1v) is 5.90. The molecule has 0 fully saturated rings. The Morgan fingerprint density at radius 1 is 1.40 bits per heavy atom. The Balaban J connectivity index is 2.13. The molecule has 104 valence electrons. The summed E-state index contributed by atoms with van der Waals surface area (Å²) >= 11 is 0. The lowest BCUT2D eigenvalue weighted by molar-refractivity contribution is -0.385. The largest absolute Gasteiger partial charge is 0.491 e. The van der Waals surface area contributed by atoms with Crippen LogP contribution in [0.25, 0.3) is 0 Å². The Morgan fingerprint density at radius 2 is 2.20 bits per heavy atom. The molecule has 20 heavy (non-hydrogen) atoms. The zero-order chi connectivity index (χ0) is 14.5. The molecule has 1 heterocycles. The number of nitrogens with one attached hydrogen (secondary N) is 1. The predicted octanol–water partition coefficient (Wildman–Crippen LogP) is 3.27. The number of nitrogens with zero attached hydrogens (tertiary/aromatic N) is 2. The fourth-order valence-corrected chi connectivity index (χ4v) is 1.57. The third-order valence-electron chi connectivity index (χ3n) is 2.46. The molecule has 2 rings (SSSR count). The van der Waals surface area contributed by atoms with Crippen LogP contribution in [0.15, 0.2) is 36.5 Å². The molecule has 1 aromatic heterocycles. The van der Waals surface area contributed by atoms with Gasteiger partial charge in [-0.1, -0.05) is 0 Å². The number of halogens is 1. The fraction of sp³-hybridized carbons (Fsp3) is 0.154. The quantitative estimate of drug-likeness (QED) is 0.670. The van der Waals surface area contributed by atoms with E-state index < -0.39 is 10.7 Å². The fourth-order valence-electron chi connectivity index (χ4n) is 1.57. The van der Waals surface area contributed by atoms with E-state index in [0.717, 1.165) is 6.20 Å². The molecule has 0 atom stereocenters. The lowest BCUT2D eigenvalue weighted by atomic mass is 10.3. The van der Waals surface area contributed by atoms with Crippen molar-refractivity contribution in [3.8, 4) is 5.75 Å². The van der Waals surface area contributed by atoms with Crippen molar-refractivity contribution in [2.24, 2.45) is 0 Å². The van der Waals surface area contributed by atoms with E-state index in [4.69, 9.17) is 4.74 Å². The Labute approximate surface area is 114 Å². The van der Waals surface area contributed by atoms with Crippen molar-refractivity contribution in [2.45, 2.75) is 6.92 Å². The molecule has 0 saturated heterocycles. The molecule has 0 aliphatic heterocycles. The highest BCUT2D eigenvalue weighted by molar-refractivity contribution is 5.58. The Kier molecular flexibility index (Phi) is 4.09. The highest BCUT2D eigenvalue weighted by Gasteiger charge is 2.07. The maximum absolute atomic E-state index is 13.6. The number of hydrogen-bond acceptors (Lipinski definition) is 5. The van der Waals surface area contributed by atoms with E-state index in [1.807, 2.05) is 0 Å². The molecular formula is C13H12FN3O3. The van der Waals surface area contributed by atoms with E-state index in [1.165, 1.54) is 24.3 Å². The molecule has 1 N–H and O–H groups in total. The van der Waals surface area contributed by atoms with Gasteiger partial charge in [-0.05, 0) is 25.1 Å². The average molecular weight is 277 g/mol. The second kappa shape index (κ2) is 5.96. The van der Waals surface area contributed by atoms with Gasteiger partial charge in [-0.25, -0.2) is 9.37 Å². The number of nitro groups is 1. The molecule has 0 spiro atoms. The third kappa shape index (κ3) is 3.19. The van der Waals surface area contributed by atoms with E-state index >= 15 is 0 Å². The van der Waals surface area contributed by atoms with Gasteiger partial charge < -0.3 is 10.1 Å². The summed E-state index contributed by atoms with van der Waals surface area (Å²) in [5, 5.41) is 13.3. The molecular weight excluding hydrogens is 265 g/mol. The molecule has 1 aromatic carbocycles. The van der Waals surface area contributed by atoms with Crippen molar-refractivity contribution < 1.29 is 14.1 Å². The molecule has 7 heteroatoms. The standard InChI is InChI=1S/C13H12FN3O3/c1-2-20-12-5-3-9(7-11(12)14)16-13-6-4-10(8-15-13)17(18)19/h3-8H,2H2,1H3,(H,15,16). The minimum Gasteiger partial charge on any atom is -0.491 e. The molecule has 0 radical (unpaired) electrons. The van der Waals surface area contributed by atoms with Gasteiger partial charge in [0.2, 0.25) is 0 Å². The Bertz CT molecular complexity index is 617. The van der Waals surface area contributed by atoms with E-state index in [2.05, 4.69) is 10.3 Å². The first-order chi connectivity index (χ1) is 9.60. The molecule has 2 aromatic rings. The van der Waals surface area contributed by atoms with Gasteiger partial charge in [-0.2, -0.15) is 0 Å². The molecule has 6 nitrogen and oxygen atoms in total. The monoisotopic (exact) mass is 277 g/mol. The molecule has 0 bridgehead atoms. The van der Waals surface area contributed by atoms with Gasteiger partial charge in [0.25, 0.3) is 5.69 Å². The Hall–Kier alpha value is -2.70. The molecule has 0 saturated carbocycles. The minimum absolute atomic E-state index is 0.103. The normalized spacial score (nSPS) is 10.1. The van der Waals surface area contributed by atoms with E-state index in [-0.39, 0.29) is 11.4 Å². The van der Waals surface area contributed by atoms with Crippen molar-refractivity contribution in [1.82, 2.24) is 4.98 Å². The van der Waals surface area contributed by atoms with Crippen LogP contribution < -0.4 is 10.1 Å². The average Bonchev–Trinajstić information content (AvgIpc) is 2.42. The van der Waals surface area contributed by atoms with E-state index in [1.54, 1.807) is 13.0 Å². The summed E-state index contributed by atoms with van der Waals surface area (Å²) in [4.78, 5) is 13.8. The lowest BCUT2D eigenvalue weighted by Gasteiger charge is -2.08. The van der Waals surface area contributed by atoms with Crippen molar-refractivity contribution in [3.63, 3.8) is 0 Å². The van der Waals surface area contributed by atoms with Gasteiger partial charge in [0, 0.05) is 17.8 Å². The SMILES string of the molecule is CCOc1ccc(Nc2ccc([N+](=O)[O-])cn2)cc1F. The number of pyridine rings is 1. The van der Waals surface area contributed by atoms with Crippen LogP contribution in [0, 0.1) is 15.9 Å². The first kappa shape index (κ1) is 13.7. The molecule has 0 unspecified atom stereocenters. The van der Waals surface area contributed by atoms with Crippen molar-refractivity contribution >= 4 is 17.2 Å². The maximum atomic E-state index is 13.6. The highest BCUT2D eigenvalue weighted by atomic mass is 19.1. The molecule has 0 amide bonds. The summed E-state index contributed by atoms with van der Waals surface area (Å²) in [6.07, 6.45) is 1.13. The van der Waals surface area contributed by atoms with Crippen LogP contribution in [0.4, 0.5) is 21.6 Å². The smallest absolute Gasteiger partial charge is 0.287 e. The summed E-state index contributed by atoms with van der Waals surface area (Å²) in [5.41, 5.74) is 0.376. The van der Waals surface area contributed by atoms with Crippen LogP contribution in [0.2, 0.25) is 0 Å². The third-order valence-corrected chi connectivity index (χ3v) is 2.46. The Morgan fingerprint density at radius 3 is 2.75 bits per heavy atom. The highest BCUT2D eigenvalue weighted by Crippen LogP contribution is 2.23. The first-order valence-electron chi connectivity index (χ1n) is 5.90. The van der Waals surface area contributed by atoms with Gasteiger partial charge in [-0.15, -0.1) is 0 Å². The van der Waals surface area contributed by atoms with Gasteiger partial charge in [-0.3, -0.25) is 10.1 Å². The number of ether oxygens (including phenoxy) is 1. The summed E-state index contributed by atoms with van der Waals surface area (Å²) < 4.78 is 18.7.